The van der Waals surface area contributed by atoms with Crippen LogP contribution in [-0.2, 0) is 6.42 Å². The van der Waals surface area contributed by atoms with Crippen molar-refractivity contribution in [2.75, 3.05) is 6.54 Å². The highest BCUT2D eigenvalue weighted by Gasteiger charge is 2.17. The molecule has 1 aromatic heterocycles. The Labute approximate surface area is 147 Å². The van der Waals surface area contributed by atoms with Crippen LogP contribution in [0.1, 0.15) is 44.3 Å². The zero-order valence-corrected chi connectivity index (χ0v) is 14.3. The lowest BCUT2D eigenvalue weighted by atomic mass is 10.1. The van der Waals surface area contributed by atoms with Crippen LogP contribution in [0.25, 0.3) is 0 Å². The topological polar surface area (TPSA) is 122 Å². The van der Waals surface area contributed by atoms with Gasteiger partial charge in [0, 0.05) is 35.3 Å². The lowest BCUT2D eigenvalue weighted by Crippen LogP contribution is -2.25. The predicted molar refractivity (Wildman–Crippen MR) is 92.2 cm³/mol. The number of thiazole rings is 1. The van der Waals surface area contributed by atoms with E-state index in [-0.39, 0.29) is 11.1 Å². The van der Waals surface area contributed by atoms with Crippen molar-refractivity contribution in [3.05, 3.63) is 55.5 Å². The Hall–Kier alpha value is -2.81. The number of carboxylic acid groups (broad SMARTS) is 1. The molecule has 2 rings (SSSR count). The number of aromatic nitrogens is 1. The zero-order chi connectivity index (χ0) is 18.4. The van der Waals surface area contributed by atoms with Crippen molar-refractivity contribution in [2.45, 2.75) is 26.2 Å². The number of carbonyl (C=O) groups excluding carboxylic acids is 1. The van der Waals surface area contributed by atoms with Gasteiger partial charge >= 0.3 is 5.97 Å². The largest absolute Gasteiger partial charge is 0.478 e. The Bertz CT molecular complexity index is 771. The van der Waals surface area contributed by atoms with Gasteiger partial charge in [-0.15, -0.1) is 11.3 Å². The van der Waals surface area contributed by atoms with Gasteiger partial charge in [0.25, 0.3) is 11.6 Å². The molecule has 0 aliphatic heterocycles. The van der Waals surface area contributed by atoms with Crippen LogP contribution in [0.15, 0.2) is 23.6 Å². The van der Waals surface area contributed by atoms with E-state index in [0.717, 1.165) is 48.2 Å². The van der Waals surface area contributed by atoms with Gasteiger partial charge in [-0.25, -0.2) is 9.78 Å². The molecule has 1 heterocycles. The van der Waals surface area contributed by atoms with E-state index in [9.17, 15) is 19.7 Å². The molecule has 0 bridgehead atoms. The Balaban J connectivity index is 1.89. The van der Waals surface area contributed by atoms with Gasteiger partial charge in [-0.1, -0.05) is 0 Å². The van der Waals surface area contributed by atoms with Crippen molar-refractivity contribution >= 4 is 28.9 Å². The van der Waals surface area contributed by atoms with Gasteiger partial charge in [-0.2, -0.15) is 0 Å². The number of nitrogens with zero attached hydrogens (tertiary/aromatic N) is 2. The summed E-state index contributed by atoms with van der Waals surface area (Å²) in [5.74, 6) is -1.85. The molecule has 2 N–H and O–H groups in total. The summed E-state index contributed by atoms with van der Waals surface area (Å²) < 4.78 is 0. The van der Waals surface area contributed by atoms with E-state index < -0.39 is 22.5 Å². The van der Waals surface area contributed by atoms with E-state index in [1.807, 2.05) is 12.3 Å². The fourth-order valence-corrected chi connectivity index (χ4v) is 3.01. The number of nitro groups is 1. The molecule has 0 atom stereocenters. The zero-order valence-electron chi connectivity index (χ0n) is 13.5. The molecule has 0 spiro atoms. The molecule has 9 heteroatoms. The molecule has 2 aromatic rings. The summed E-state index contributed by atoms with van der Waals surface area (Å²) in [5, 5.41) is 25.5. The summed E-state index contributed by atoms with van der Waals surface area (Å²) >= 11 is 1.60. The van der Waals surface area contributed by atoms with Crippen LogP contribution in [0, 0.1) is 17.0 Å². The molecule has 0 aliphatic carbocycles. The third kappa shape index (κ3) is 5.35. The first-order valence-corrected chi connectivity index (χ1v) is 8.47. The highest BCUT2D eigenvalue weighted by atomic mass is 32.1. The van der Waals surface area contributed by atoms with Gasteiger partial charge in [-0.05, 0) is 32.3 Å². The van der Waals surface area contributed by atoms with Crippen molar-refractivity contribution in [1.29, 1.82) is 0 Å². The number of nitro benzene ring substituents is 1. The third-order valence-corrected chi connectivity index (χ3v) is 4.43. The summed E-state index contributed by atoms with van der Waals surface area (Å²) in [7, 11) is 0. The average molecular weight is 363 g/mol. The number of benzene rings is 1. The van der Waals surface area contributed by atoms with E-state index in [1.165, 1.54) is 0 Å². The maximum absolute atomic E-state index is 12.1. The molecular formula is C16H17N3O5S. The second-order valence-corrected chi connectivity index (χ2v) is 6.37. The smallest absolute Gasteiger partial charge is 0.335 e. The molecular weight excluding hydrogens is 346 g/mol. The summed E-state index contributed by atoms with van der Waals surface area (Å²) in [5.41, 5.74) is 0.234. The van der Waals surface area contributed by atoms with Crippen molar-refractivity contribution in [3.8, 4) is 0 Å². The number of non-ortho nitro benzene ring substituents is 1. The minimum absolute atomic E-state index is 0.0397. The monoisotopic (exact) mass is 363 g/mol. The Morgan fingerprint density at radius 3 is 2.60 bits per heavy atom. The number of amides is 1. The molecule has 8 nitrogen and oxygen atoms in total. The van der Waals surface area contributed by atoms with Crippen LogP contribution in [0.2, 0.25) is 0 Å². The molecule has 0 radical (unpaired) electrons. The lowest BCUT2D eigenvalue weighted by molar-refractivity contribution is -0.384. The standard InChI is InChI=1S/C16H17N3O5S/c1-10-9-25-14(18-10)4-2-3-5-17-15(20)11-6-12(16(21)22)8-13(7-11)19(23)24/h6-9H,2-5H2,1H3,(H,17,20)(H,21,22). The third-order valence-electron chi connectivity index (χ3n) is 3.41. The normalized spacial score (nSPS) is 10.4. The number of rotatable bonds is 8. The molecule has 25 heavy (non-hydrogen) atoms. The average Bonchev–Trinajstić information content (AvgIpc) is 2.99. The SMILES string of the molecule is Cc1csc(CCCCNC(=O)c2cc(C(=O)O)cc([N+](=O)[O-])c2)n1. The highest BCUT2D eigenvalue weighted by molar-refractivity contribution is 7.09. The molecule has 0 saturated carbocycles. The fourth-order valence-electron chi connectivity index (χ4n) is 2.19. The first-order chi connectivity index (χ1) is 11.9. The number of unbranched alkanes of at least 4 members (excludes halogenated alkanes) is 1. The van der Waals surface area contributed by atoms with Crippen LogP contribution < -0.4 is 5.32 Å². The van der Waals surface area contributed by atoms with Gasteiger partial charge in [0.05, 0.1) is 15.5 Å². The lowest BCUT2D eigenvalue weighted by Gasteiger charge is -2.06. The van der Waals surface area contributed by atoms with Crippen molar-refractivity contribution in [2.24, 2.45) is 0 Å². The molecule has 1 amide bonds. The summed E-state index contributed by atoms with van der Waals surface area (Å²) in [6.07, 6.45) is 2.40. The first kappa shape index (κ1) is 18.5. The van der Waals surface area contributed by atoms with Crippen molar-refractivity contribution in [3.63, 3.8) is 0 Å². The minimum Gasteiger partial charge on any atom is -0.478 e. The van der Waals surface area contributed by atoms with Gasteiger partial charge < -0.3 is 10.4 Å². The summed E-state index contributed by atoms with van der Waals surface area (Å²) in [6, 6.07) is 3.12. The van der Waals surface area contributed by atoms with Crippen molar-refractivity contribution in [1.82, 2.24) is 10.3 Å². The molecule has 0 unspecified atom stereocenters. The van der Waals surface area contributed by atoms with E-state index >= 15 is 0 Å². The molecule has 1 aromatic carbocycles. The van der Waals surface area contributed by atoms with Gasteiger partial charge in [0.1, 0.15) is 0 Å². The number of hydrogen-bond donors (Lipinski definition) is 2. The van der Waals surface area contributed by atoms with Gasteiger partial charge in [0.15, 0.2) is 0 Å². The van der Waals surface area contributed by atoms with E-state index in [1.54, 1.807) is 11.3 Å². The number of nitrogens with one attached hydrogen (secondary N) is 1. The summed E-state index contributed by atoms with van der Waals surface area (Å²) in [6.45, 7) is 2.33. The van der Waals surface area contributed by atoms with Gasteiger partial charge in [0.2, 0.25) is 0 Å². The van der Waals surface area contributed by atoms with E-state index in [0.29, 0.717) is 6.54 Å². The maximum Gasteiger partial charge on any atom is 0.335 e. The molecule has 0 fully saturated rings. The highest BCUT2D eigenvalue weighted by Crippen LogP contribution is 2.17. The molecule has 0 aliphatic rings. The number of carbonyl (C=O) groups is 2. The maximum atomic E-state index is 12.1. The molecule has 132 valence electrons. The molecule has 0 saturated heterocycles. The predicted octanol–water partition coefficient (Wildman–Crippen LogP) is 2.81. The second kappa shape index (κ2) is 8.34. The quantitative estimate of drug-likeness (QED) is 0.422. The number of hydrogen-bond acceptors (Lipinski definition) is 6. The van der Waals surface area contributed by atoms with Crippen molar-refractivity contribution < 1.29 is 19.6 Å². The van der Waals surface area contributed by atoms with Crippen LogP contribution >= 0.6 is 11.3 Å². The second-order valence-electron chi connectivity index (χ2n) is 5.43. The number of aryl methyl sites for hydroxylation is 2. The van der Waals surface area contributed by atoms with Crippen LogP contribution in [0.3, 0.4) is 0 Å². The van der Waals surface area contributed by atoms with Crippen LogP contribution in [0.4, 0.5) is 5.69 Å². The Morgan fingerprint density at radius 2 is 2.00 bits per heavy atom. The Kier molecular flexibility index (Phi) is 6.18. The minimum atomic E-state index is -1.32. The van der Waals surface area contributed by atoms with Crippen LogP contribution in [-0.4, -0.2) is 33.4 Å². The van der Waals surface area contributed by atoms with Gasteiger partial charge in [-0.3, -0.25) is 14.9 Å². The van der Waals surface area contributed by atoms with E-state index in [2.05, 4.69) is 10.3 Å². The number of carboxylic acids is 1. The Morgan fingerprint density at radius 1 is 1.28 bits per heavy atom. The van der Waals surface area contributed by atoms with Crippen LogP contribution in [0.5, 0.6) is 0 Å². The fraction of sp³-hybridized carbons (Fsp3) is 0.312. The van der Waals surface area contributed by atoms with E-state index in [4.69, 9.17) is 5.11 Å². The number of aromatic carboxylic acids is 1. The first-order valence-electron chi connectivity index (χ1n) is 7.59. The summed E-state index contributed by atoms with van der Waals surface area (Å²) in [4.78, 5) is 37.6.